The van der Waals surface area contributed by atoms with Crippen LogP contribution in [-0.4, -0.2) is 52.8 Å². The van der Waals surface area contributed by atoms with Crippen LogP contribution in [0.2, 0.25) is 0 Å². The number of nitrogens with one attached hydrogen (secondary N) is 1. The van der Waals surface area contributed by atoms with Gasteiger partial charge in [-0.15, -0.1) is 8.78 Å². The maximum absolute atomic E-state index is 13.0. The monoisotopic (exact) mass is 370 g/mol. The smallest absolute Gasteiger partial charge is 0.395 e. The fourth-order valence-electron chi connectivity index (χ4n) is 2.21. The lowest BCUT2D eigenvalue weighted by molar-refractivity contribution is -0.286. The Hall–Kier alpha value is -1.50. The van der Waals surface area contributed by atoms with Gasteiger partial charge in [-0.05, 0) is 12.1 Å². The van der Waals surface area contributed by atoms with E-state index in [1.54, 1.807) is 0 Å². The van der Waals surface area contributed by atoms with Crippen LogP contribution in [0.4, 0.5) is 8.78 Å². The Labute approximate surface area is 131 Å². The Kier molecular flexibility index (Phi) is 3.74. The Balaban J connectivity index is 1.89. The van der Waals surface area contributed by atoms with E-state index in [2.05, 4.69) is 14.2 Å². The van der Waals surface area contributed by atoms with Crippen LogP contribution in [-0.2, 0) is 20.0 Å². The number of benzene rings is 1. The van der Waals surface area contributed by atoms with E-state index in [0.717, 1.165) is 22.5 Å². The number of hydrogen-bond acceptors (Lipinski definition) is 6. The van der Waals surface area contributed by atoms with Crippen LogP contribution in [0.1, 0.15) is 0 Å². The summed E-state index contributed by atoms with van der Waals surface area (Å²) in [6, 6.07) is 3.10. The molecule has 0 spiro atoms. The standard InChI is InChI=1S/C11H12F2N2O6S2/c12-11(13)20-9-2-1-8(7-10(9)21-11)23(18,19)15-4-3-14-22(16,17)6-5-15/h1-2,7,14H,3-6H2. The van der Waals surface area contributed by atoms with Crippen LogP contribution >= 0.6 is 0 Å². The molecule has 1 aromatic rings. The summed E-state index contributed by atoms with van der Waals surface area (Å²) in [6.07, 6.45) is -3.84. The minimum atomic E-state index is -4.05. The average Bonchev–Trinajstić information content (AvgIpc) is 2.61. The van der Waals surface area contributed by atoms with E-state index in [1.165, 1.54) is 0 Å². The van der Waals surface area contributed by atoms with Gasteiger partial charge in [-0.1, -0.05) is 0 Å². The van der Waals surface area contributed by atoms with Crippen LogP contribution in [0.3, 0.4) is 0 Å². The summed E-state index contributed by atoms with van der Waals surface area (Å²) in [4.78, 5) is -0.281. The molecule has 3 rings (SSSR count). The van der Waals surface area contributed by atoms with E-state index in [0.29, 0.717) is 0 Å². The van der Waals surface area contributed by atoms with Gasteiger partial charge in [0.1, 0.15) is 0 Å². The fourth-order valence-corrected chi connectivity index (χ4v) is 4.79. The first-order valence-corrected chi connectivity index (χ1v) is 9.56. The van der Waals surface area contributed by atoms with Gasteiger partial charge >= 0.3 is 6.29 Å². The predicted octanol–water partition coefficient (Wildman–Crippen LogP) is -0.0682. The van der Waals surface area contributed by atoms with Gasteiger partial charge in [0.05, 0.1) is 10.6 Å². The van der Waals surface area contributed by atoms with Crippen molar-refractivity contribution >= 4 is 20.0 Å². The highest BCUT2D eigenvalue weighted by atomic mass is 32.2. The maximum atomic E-state index is 13.0. The molecule has 1 saturated heterocycles. The Morgan fingerprint density at radius 1 is 1.17 bits per heavy atom. The van der Waals surface area contributed by atoms with Crippen molar-refractivity contribution in [2.45, 2.75) is 11.2 Å². The third-order valence-electron chi connectivity index (χ3n) is 3.30. The number of ether oxygens (including phenoxy) is 2. The van der Waals surface area contributed by atoms with Crippen molar-refractivity contribution in [1.82, 2.24) is 9.03 Å². The van der Waals surface area contributed by atoms with Crippen molar-refractivity contribution in [3.63, 3.8) is 0 Å². The van der Waals surface area contributed by atoms with E-state index >= 15 is 0 Å². The normalized spacial score (nSPS) is 23.4. The molecule has 2 heterocycles. The zero-order valence-electron chi connectivity index (χ0n) is 11.5. The van der Waals surface area contributed by atoms with Gasteiger partial charge in [-0.25, -0.2) is 21.6 Å². The molecule has 2 aliphatic rings. The van der Waals surface area contributed by atoms with Crippen LogP contribution in [0.15, 0.2) is 23.1 Å². The van der Waals surface area contributed by atoms with Crippen molar-refractivity contribution in [2.75, 3.05) is 25.4 Å². The van der Waals surface area contributed by atoms with E-state index in [4.69, 9.17) is 0 Å². The quantitative estimate of drug-likeness (QED) is 0.782. The summed E-state index contributed by atoms with van der Waals surface area (Å²) in [5.41, 5.74) is 0. The summed E-state index contributed by atoms with van der Waals surface area (Å²) in [7, 11) is -7.57. The predicted molar refractivity (Wildman–Crippen MR) is 73.2 cm³/mol. The average molecular weight is 370 g/mol. The highest BCUT2D eigenvalue weighted by Gasteiger charge is 2.44. The van der Waals surface area contributed by atoms with Crippen LogP contribution in [0.5, 0.6) is 11.5 Å². The molecule has 0 amide bonds. The van der Waals surface area contributed by atoms with E-state index in [-0.39, 0.29) is 36.0 Å². The topological polar surface area (TPSA) is 102 Å². The highest BCUT2D eigenvalue weighted by molar-refractivity contribution is 7.90. The van der Waals surface area contributed by atoms with Gasteiger partial charge in [-0.3, -0.25) is 0 Å². The molecule has 0 bridgehead atoms. The summed E-state index contributed by atoms with van der Waals surface area (Å²) < 4.78 is 85.6. The van der Waals surface area contributed by atoms with Crippen molar-refractivity contribution in [1.29, 1.82) is 0 Å². The zero-order chi connectivity index (χ0) is 16.9. The minimum absolute atomic E-state index is 0.0633. The molecule has 0 aliphatic carbocycles. The Morgan fingerprint density at radius 3 is 2.61 bits per heavy atom. The highest BCUT2D eigenvalue weighted by Crippen LogP contribution is 2.42. The summed E-state index contributed by atoms with van der Waals surface area (Å²) >= 11 is 0. The number of rotatable bonds is 2. The summed E-state index contributed by atoms with van der Waals surface area (Å²) in [5.74, 6) is -1.04. The molecule has 1 fully saturated rings. The zero-order valence-corrected chi connectivity index (χ0v) is 13.2. The molecular formula is C11H12F2N2O6S2. The van der Waals surface area contributed by atoms with Gasteiger partial charge < -0.3 is 9.47 Å². The molecule has 0 atom stereocenters. The second-order valence-corrected chi connectivity index (χ2v) is 8.76. The van der Waals surface area contributed by atoms with Gasteiger partial charge in [0, 0.05) is 25.7 Å². The molecule has 1 aromatic carbocycles. The second-order valence-electron chi connectivity index (χ2n) is 4.89. The number of nitrogens with zero attached hydrogens (tertiary/aromatic N) is 1. The van der Waals surface area contributed by atoms with Crippen LogP contribution < -0.4 is 14.2 Å². The molecule has 8 nitrogen and oxygen atoms in total. The van der Waals surface area contributed by atoms with E-state index < -0.39 is 32.1 Å². The lowest BCUT2D eigenvalue weighted by atomic mass is 10.3. The Bertz CT molecular complexity index is 840. The molecule has 0 radical (unpaired) electrons. The first-order chi connectivity index (χ1) is 10.6. The number of halogens is 2. The van der Waals surface area contributed by atoms with Crippen LogP contribution in [0, 0.1) is 0 Å². The molecule has 23 heavy (non-hydrogen) atoms. The molecule has 1 N–H and O–H groups in total. The summed E-state index contributed by atoms with van der Waals surface area (Å²) in [5, 5.41) is 0. The van der Waals surface area contributed by atoms with Crippen molar-refractivity contribution < 1.29 is 35.1 Å². The van der Waals surface area contributed by atoms with Crippen molar-refractivity contribution in [3.05, 3.63) is 18.2 Å². The van der Waals surface area contributed by atoms with Gasteiger partial charge in [0.15, 0.2) is 11.5 Å². The lowest BCUT2D eigenvalue weighted by Crippen LogP contribution is -2.34. The number of alkyl halides is 2. The fraction of sp³-hybridized carbons (Fsp3) is 0.455. The summed E-state index contributed by atoms with van der Waals surface area (Å²) in [6.45, 7) is -0.362. The van der Waals surface area contributed by atoms with E-state index in [1.807, 2.05) is 0 Å². The minimum Gasteiger partial charge on any atom is -0.395 e. The Morgan fingerprint density at radius 2 is 1.87 bits per heavy atom. The van der Waals surface area contributed by atoms with Crippen molar-refractivity contribution in [2.24, 2.45) is 0 Å². The molecular weight excluding hydrogens is 358 g/mol. The molecule has 0 unspecified atom stereocenters. The first-order valence-electron chi connectivity index (χ1n) is 6.46. The van der Waals surface area contributed by atoms with Gasteiger partial charge in [0.25, 0.3) is 0 Å². The molecule has 0 saturated carbocycles. The SMILES string of the molecule is O=S1(=O)CCN(S(=O)(=O)c2ccc3c(c2)OC(F)(F)O3)CCN1. The lowest BCUT2D eigenvalue weighted by Gasteiger charge is -2.19. The third-order valence-corrected chi connectivity index (χ3v) is 6.56. The largest absolute Gasteiger partial charge is 0.586 e. The number of fused-ring (bicyclic) bond motifs is 1. The number of hydrogen-bond donors (Lipinski definition) is 1. The van der Waals surface area contributed by atoms with Crippen molar-refractivity contribution in [3.8, 4) is 11.5 Å². The first kappa shape index (κ1) is 16.4. The molecule has 2 aliphatic heterocycles. The van der Waals surface area contributed by atoms with Gasteiger partial charge in [0.2, 0.25) is 20.0 Å². The second kappa shape index (κ2) is 5.26. The van der Waals surface area contributed by atoms with Gasteiger partial charge in [-0.2, -0.15) is 4.31 Å². The van der Waals surface area contributed by atoms with Crippen LogP contribution in [0.25, 0.3) is 0 Å². The molecule has 0 aromatic heterocycles. The molecule has 128 valence electrons. The maximum Gasteiger partial charge on any atom is 0.586 e. The number of sulfonamides is 2. The van der Waals surface area contributed by atoms with E-state index in [9.17, 15) is 25.6 Å². The third kappa shape index (κ3) is 3.24. The molecule has 12 heteroatoms.